The molecule has 0 saturated heterocycles. The Kier molecular flexibility index (Phi) is 4.42. The molecular weight excluding hydrogens is 254 g/mol. The maximum absolute atomic E-state index is 12.2. The summed E-state index contributed by atoms with van der Waals surface area (Å²) in [5, 5.41) is 0. The van der Waals surface area contributed by atoms with Crippen LogP contribution in [0.5, 0.6) is 0 Å². The van der Waals surface area contributed by atoms with Crippen molar-refractivity contribution in [2.75, 3.05) is 26.1 Å². The van der Waals surface area contributed by atoms with Crippen molar-refractivity contribution in [3.05, 3.63) is 29.3 Å². The Balaban J connectivity index is 2.46. The summed E-state index contributed by atoms with van der Waals surface area (Å²) in [5.41, 5.74) is 2.45. The van der Waals surface area contributed by atoms with E-state index in [4.69, 9.17) is 4.74 Å². The molecule has 0 N–H and O–H groups in total. The van der Waals surface area contributed by atoms with Gasteiger partial charge in [0, 0.05) is 32.1 Å². The number of hydrogen-bond donors (Lipinski definition) is 0. The third-order valence-electron chi connectivity index (χ3n) is 3.86. The molecule has 1 fully saturated rings. The van der Waals surface area contributed by atoms with Crippen molar-refractivity contribution in [1.29, 1.82) is 0 Å². The first-order valence-corrected chi connectivity index (χ1v) is 6.97. The van der Waals surface area contributed by atoms with Crippen LogP contribution in [0, 0.1) is 0 Å². The third kappa shape index (κ3) is 2.84. The van der Waals surface area contributed by atoms with E-state index in [0.717, 1.165) is 30.5 Å². The number of rotatable bonds is 3. The Morgan fingerprint density at radius 1 is 1.30 bits per heavy atom. The number of carbonyl (C=O) groups excluding carboxylic acids is 2. The van der Waals surface area contributed by atoms with Gasteiger partial charge in [-0.05, 0) is 36.6 Å². The first-order chi connectivity index (χ1) is 9.54. The number of methoxy groups -OCH3 is 1. The van der Waals surface area contributed by atoms with Crippen LogP contribution in [0.15, 0.2) is 18.2 Å². The second kappa shape index (κ2) is 6.07. The standard InChI is InChI=1S/C16H21NO3/c1-17(2)14-9-8-11(16(19)20-3)10-13(14)12-6-4-5-7-15(12)18/h8-10,12H,4-7H2,1-3H3. The number of Topliss-reactive ketones (excluding diaryl/α,β-unsaturated/α-hetero) is 1. The SMILES string of the molecule is COC(=O)c1ccc(N(C)C)c(C2CCCCC2=O)c1. The third-order valence-corrected chi connectivity index (χ3v) is 3.86. The van der Waals surface area contributed by atoms with E-state index in [2.05, 4.69) is 0 Å². The van der Waals surface area contributed by atoms with E-state index in [1.807, 2.05) is 31.1 Å². The highest BCUT2D eigenvalue weighted by Crippen LogP contribution is 2.36. The van der Waals surface area contributed by atoms with Crippen LogP contribution < -0.4 is 4.90 Å². The van der Waals surface area contributed by atoms with Gasteiger partial charge in [0.25, 0.3) is 0 Å². The van der Waals surface area contributed by atoms with E-state index >= 15 is 0 Å². The molecule has 4 nitrogen and oxygen atoms in total. The van der Waals surface area contributed by atoms with Crippen LogP contribution in [-0.4, -0.2) is 33.0 Å². The second-order valence-electron chi connectivity index (χ2n) is 5.42. The number of hydrogen-bond acceptors (Lipinski definition) is 4. The molecule has 108 valence electrons. The lowest BCUT2D eigenvalue weighted by atomic mass is 9.81. The number of anilines is 1. The minimum absolute atomic E-state index is 0.0919. The molecule has 1 atom stereocenters. The highest BCUT2D eigenvalue weighted by Gasteiger charge is 2.27. The number of esters is 1. The molecule has 1 unspecified atom stereocenters. The van der Waals surface area contributed by atoms with Crippen molar-refractivity contribution >= 4 is 17.4 Å². The molecule has 1 aromatic rings. The van der Waals surface area contributed by atoms with Gasteiger partial charge >= 0.3 is 5.97 Å². The number of benzene rings is 1. The molecule has 20 heavy (non-hydrogen) atoms. The maximum atomic E-state index is 12.2. The minimum atomic E-state index is -0.361. The monoisotopic (exact) mass is 275 g/mol. The van der Waals surface area contributed by atoms with Crippen LogP contribution in [0.25, 0.3) is 0 Å². The Morgan fingerprint density at radius 3 is 2.65 bits per heavy atom. The molecule has 1 aliphatic carbocycles. The van der Waals surface area contributed by atoms with Gasteiger partial charge in [0.2, 0.25) is 0 Å². The van der Waals surface area contributed by atoms with Gasteiger partial charge in [-0.15, -0.1) is 0 Å². The predicted molar refractivity (Wildman–Crippen MR) is 78.3 cm³/mol. The summed E-state index contributed by atoms with van der Waals surface area (Å²) in [6.45, 7) is 0. The Morgan fingerprint density at radius 2 is 2.05 bits per heavy atom. The fraction of sp³-hybridized carbons (Fsp3) is 0.500. The van der Waals surface area contributed by atoms with Crippen molar-refractivity contribution in [2.45, 2.75) is 31.6 Å². The summed E-state index contributed by atoms with van der Waals surface area (Å²) in [4.78, 5) is 25.9. The van der Waals surface area contributed by atoms with Crippen molar-refractivity contribution in [3.63, 3.8) is 0 Å². The summed E-state index contributed by atoms with van der Waals surface area (Å²) in [7, 11) is 5.27. The quantitative estimate of drug-likeness (QED) is 0.796. The summed E-state index contributed by atoms with van der Waals surface area (Å²) in [5.74, 6) is -0.174. The number of carbonyl (C=O) groups is 2. The topological polar surface area (TPSA) is 46.6 Å². The van der Waals surface area contributed by atoms with Crippen LogP contribution in [-0.2, 0) is 9.53 Å². The molecule has 2 rings (SSSR count). The van der Waals surface area contributed by atoms with Crippen LogP contribution in [0.3, 0.4) is 0 Å². The lowest BCUT2D eigenvalue weighted by Crippen LogP contribution is -2.21. The smallest absolute Gasteiger partial charge is 0.337 e. The van der Waals surface area contributed by atoms with Crippen molar-refractivity contribution in [1.82, 2.24) is 0 Å². The van der Waals surface area contributed by atoms with E-state index < -0.39 is 0 Å². The lowest BCUT2D eigenvalue weighted by Gasteiger charge is -2.26. The second-order valence-corrected chi connectivity index (χ2v) is 5.42. The van der Waals surface area contributed by atoms with Gasteiger partial charge in [-0.1, -0.05) is 6.42 Å². The zero-order valence-corrected chi connectivity index (χ0v) is 12.3. The minimum Gasteiger partial charge on any atom is -0.465 e. The normalized spacial score (nSPS) is 18.8. The molecule has 1 saturated carbocycles. The molecule has 1 aromatic carbocycles. The zero-order chi connectivity index (χ0) is 14.7. The van der Waals surface area contributed by atoms with Crippen LogP contribution >= 0.6 is 0 Å². The first kappa shape index (κ1) is 14.6. The molecule has 0 aliphatic heterocycles. The molecule has 0 amide bonds. The maximum Gasteiger partial charge on any atom is 0.337 e. The van der Waals surface area contributed by atoms with E-state index in [1.54, 1.807) is 6.07 Å². The van der Waals surface area contributed by atoms with Gasteiger partial charge in [-0.3, -0.25) is 4.79 Å². The van der Waals surface area contributed by atoms with Crippen molar-refractivity contribution in [2.24, 2.45) is 0 Å². The molecular formula is C16H21NO3. The Bertz CT molecular complexity index is 522. The molecule has 0 aromatic heterocycles. The lowest BCUT2D eigenvalue weighted by molar-refractivity contribution is -0.121. The first-order valence-electron chi connectivity index (χ1n) is 6.97. The van der Waals surface area contributed by atoms with E-state index in [-0.39, 0.29) is 17.7 Å². The Hall–Kier alpha value is -1.84. The highest BCUT2D eigenvalue weighted by atomic mass is 16.5. The number of nitrogens with zero attached hydrogens (tertiary/aromatic N) is 1. The number of ketones is 1. The molecule has 0 bridgehead atoms. The van der Waals surface area contributed by atoms with E-state index in [0.29, 0.717) is 12.0 Å². The predicted octanol–water partition coefficient (Wildman–Crippen LogP) is 2.77. The van der Waals surface area contributed by atoms with E-state index in [1.165, 1.54) is 7.11 Å². The van der Waals surface area contributed by atoms with Gasteiger partial charge in [0.1, 0.15) is 5.78 Å². The van der Waals surface area contributed by atoms with E-state index in [9.17, 15) is 9.59 Å². The van der Waals surface area contributed by atoms with Gasteiger partial charge in [-0.25, -0.2) is 4.79 Å². The average Bonchev–Trinajstić information content (AvgIpc) is 2.46. The van der Waals surface area contributed by atoms with Crippen molar-refractivity contribution in [3.8, 4) is 0 Å². The average molecular weight is 275 g/mol. The largest absolute Gasteiger partial charge is 0.465 e. The summed E-state index contributed by atoms with van der Waals surface area (Å²) in [6.07, 6.45) is 3.54. The Labute approximate surface area is 119 Å². The fourth-order valence-corrected chi connectivity index (χ4v) is 2.80. The van der Waals surface area contributed by atoms with Crippen LogP contribution in [0.2, 0.25) is 0 Å². The summed E-state index contributed by atoms with van der Waals surface area (Å²) in [6, 6.07) is 5.45. The van der Waals surface area contributed by atoms with Gasteiger partial charge < -0.3 is 9.64 Å². The van der Waals surface area contributed by atoms with Gasteiger partial charge in [-0.2, -0.15) is 0 Å². The highest BCUT2D eigenvalue weighted by molar-refractivity contribution is 5.93. The number of ether oxygens (including phenoxy) is 1. The molecule has 0 heterocycles. The molecule has 4 heteroatoms. The summed E-state index contributed by atoms with van der Waals surface area (Å²) >= 11 is 0. The van der Waals surface area contributed by atoms with Gasteiger partial charge in [0.15, 0.2) is 0 Å². The van der Waals surface area contributed by atoms with Crippen LogP contribution in [0.4, 0.5) is 5.69 Å². The zero-order valence-electron chi connectivity index (χ0n) is 12.3. The fourth-order valence-electron chi connectivity index (χ4n) is 2.80. The molecule has 0 radical (unpaired) electrons. The summed E-state index contributed by atoms with van der Waals surface area (Å²) < 4.78 is 4.77. The van der Waals surface area contributed by atoms with Gasteiger partial charge in [0.05, 0.1) is 12.7 Å². The van der Waals surface area contributed by atoms with Crippen LogP contribution in [0.1, 0.15) is 47.5 Å². The molecule has 0 spiro atoms. The molecule has 1 aliphatic rings. The van der Waals surface area contributed by atoms with Crippen molar-refractivity contribution < 1.29 is 14.3 Å².